The van der Waals surface area contributed by atoms with E-state index in [1.807, 2.05) is 43.7 Å². The zero-order chi connectivity index (χ0) is 21.5. The van der Waals surface area contributed by atoms with Gasteiger partial charge in [0, 0.05) is 17.1 Å². The fraction of sp³-hybridized carbons (Fsp3) is 0.190. The van der Waals surface area contributed by atoms with E-state index in [1.165, 1.54) is 0 Å². The number of fused-ring (bicyclic) bond motifs is 1. The van der Waals surface area contributed by atoms with E-state index < -0.39 is 6.03 Å². The van der Waals surface area contributed by atoms with Gasteiger partial charge >= 0.3 is 6.03 Å². The van der Waals surface area contributed by atoms with Crippen molar-refractivity contribution in [3.8, 4) is 11.3 Å². The fourth-order valence-corrected chi connectivity index (χ4v) is 3.27. The molecule has 0 bridgehead atoms. The van der Waals surface area contributed by atoms with Crippen LogP contribution in [0.3, 0.4) is 0 Å². The van der Waals surface area contributed by atoms with Crippen LogP contribution in [0.1, 0.15) is 20.8 Å². The fourth-order valence-electron chi connectivity index (χ4n) is 2.92. The second-order valence-corrected chi connectivity index (χ2v) is 8.55. The Balaban J connectivity index is 1.68. The van der Waals surface area contributed by atoms with Gasteiger partial charge in [0.15, 0.2) is 5.58 Å². The lowest BCUT2D eigenvalue weighted by Crippen LogP contribution is -2.22. The maximum atomic E-state index is 12.7. The Morgan fingerprint density at radius 1 is 1.10 bits per heavy atom. The van der Waals surface area contributed by atoms with Crippen molar-refractivity contribution in [1.82, 2.24) is 14.9 Å². The first-order valence-corrected chi connectivity index (χ1v) is 9.95. The van der Waals surface area contributed by atoms with Crippen molar-refractivity contribution < 1.29 is 9.32 Å². The topological polar surface area (TPSA) is 85.0 Å². The maximum absolute atomic E-state index is 12.7. The maximum Gasteiger partial charge on any atom is 0.323 e. The van der Waals surface area contributed by atoms with E-state index in [0.717, 1.165) is 10.9 Å². The molecule has 0 atom stereocenters. The van der Waals surface area contributed by atoms with Crippen molar-refractivity contribution in [3.05, 3.63) is 58.8 Å². The third-order valence-corrected chi connectivity index (χ3v) is 5.29. The average Bonchev–Trinajstić information content (AvgIpc) is 3.31. The van der Waals surface area contributed by atoms with Gasteiger partial charge in [-0.05, 0) is 51.1 Å². The van der Waals surface area contributed by atoms with Gasteiger partial charge < -0.3 is 15.2 Å². The van der Waals surface area contributed by atoms with Gasteiger partial charge in [-0.3, -0.25) is 4.68 Å². The quantitative estimate of drug-likeness (QED) is 0.383. The molecule has 2 aromatic heterocycles. The third kappa shape index (κ3) is 3.99. The Bertz CT molecular complexity index is 1240. The van der Waals surface area contributed by atoms with Gasteiger partial charge in [0.1, 0.15) is 5.69 Å². The van der Waals surface area contributed by atoms with E-state index in [0.29, 0.717) is 27.7 Å². The smallest absolute Gasteiger partial charge is 0.323 e. The van der Waals surface area contributed by atoms with Crippen LogP contribution in [0.2, 0.25) is 10.0 Å². The number of benzene rings is 2. The molecule has 4 rings (SSSR count). The predicted octanol–water partition coefficient (Wildman–Crippen LogP) is 6.40. The second-order valence-electron chi connectivity index (χ2n) is 7.77. The number of carbonyl (C=O) groups is 1. The lowest BCUT2D eigenvalue weighted by atomic mass is 10.1. The molecule has 0 spiro atoms. The number of halogens is 2. The molecule has 2 N–H and O–H groups in total. The normalized spacial score (nSPS) is 11.6. The minimum absolute atomic E-state index is 0.275. The largest absolute Gasteiger partial charge is 0.356 e. The van der Waals surface area contributed by atoms with Crippen molar-refractivity contribution in [2.75, 3.05) is 10.6 Å². The number of aromatic nitrogens is 3. The summed E-state index contributed by atoms with van der Waals surface area (Å²) in [6.07, 6.45) is 3.44. The van der Waals surface area contributed by atoms with Gasteiger partial charge in [0.25, 0.3) is 0 Å². The van der Waals surface area contributed by atoms with E-state index in [4.69, 9.17) is 32.8 Å². The average molecular weight is 444 g/mol. The number of carbonyl (C=O) groups excluding carboxylic acids is 1. The Morgan fingerprint density at radius 3 is 2.63 bits per heavy atom. The highest BCUT2D eigenvalue weighted by Crippen LogP contribution is 2.32. The molecule has 0 saturated heterocycles. The van der Waals surface area contributed by atoms with E-state index in [2.05, 4.69) is 15.8 Å². The van der Waals surface area contributed by atoms with Crippen LogP contribution in [0.5, 0.6) is 0 Å². The molecule has 0 aliphatic carbocycles. The summed E-state index contributed by atoms with van der Waals surface area (Å²) in [5.74, 6) is 0. The van der Waals surface area contributed by atoms with Gasteiger partial charge in [-0.25, -0.2) is 4.79 Å². The van der Waals surface area contributed by atoms with Crippen LogP contribution in [-0.2, 0) is 5.54 Å². The summed E-state index contributed by atoms with van der Waals surface area (Å²) in [7, 11) is 0. The van der Waals surface area contributed by atoms with E-state index in [-0.39, 0.29) is 10.6 Å². The summed E-state index contributed by atoms with van der Waals surface area (Å²) in [5.41, 5.74) is 2.82. The SMILES string of the molecule is CC(C)(C)n1cc(NC(=O)Nc2cccc(Cl)c2Cl)c(-c2ccc3oncc3c2)n1. The number of rotatable bonds is 3. The molecule has 154 valence electrons. The van der Waals surface area contributed by atoms with Gasteiger partial charge in [-0.1, -0.05) is 34.4 Å². The Morgan fingerprint density at radius 2 is 1.87 bits per heavy atom. The second kappa shape index (κ2) is 7.66. The molecule has 0 unspecified atom stereocenters. The first-order chi connectivity index (χ1) is 14.2. The molecule has 2 aromatic carbocycles. The van der Waals surface area contributed by atoms with Crippen molar-refractivity contribution in [3.63, 3.8) is 0 Å². The van der Waals surface area contributed by atoms with E-state index >= 15 is 0 Å². The van der Waals surface area contributed by atoms with Crippen LogP contribution in [-0.4, -0.2) is 21.0 Å². The number of urea groups is 1. The van der Waals surface area contributed by atoms with Gasteiger partial charge in [0.2, 0.25) is 0 Å². The van der Waals surface area contributed by atoms with Crippen LogP contribution in [0.25, 0.3) is 22.2 Å². The molecule has 0 fully saturated rings. The number of amides is 2. The molecule has 0 saturated carbocycles. The molecular formula is C21H19Cl2N5O2. The summed E-state index contributed by atoms with van der Waals surface area (Å²) in [5, 5.41) is 15.6. The molecule has 4 aromatic rings. The van der Waals surface area contributed by atoms with E-state index in [1.54, 1.807) is 30.6 Å². The monoisotopic (exact) mass is 443 g/mol. The van der Waals surface area contributed by atoms with E-state index in [9.17, 15) is 4.79 Å². The zero-order valence-electron chi connectivity index (χ0n) is 16.5. The molecule has 30 heavy (non-hydrogen) atoms. The Kier molecular flexibility index (Phi) is 5.17. The number of nitrogens with one attached hydrogen (secondary N) is 2. The summed E-state index contributed by atoms with van der Waals surface area (Å²) in [4.78, 5) is 12.7. The van der Waals surface area contributed by atoms with Crippen LogP contribution in [0, 0.1) is 0 Å². The molecule has 2 amide bonds. The third-order valence-electron chi connectivity index (χ3n) is 4.48. The highest BCUT2D eigenvalue weighted by molar-refractivity contribution is 6.44. The molecule has 2 heterocycles. The highest BCUT2D eigenvalue weighted by atomic mass is 35.5. The molecule has 0 aliphatic heterocycles. The summed E-state index contributed by atoms with van der Waals surface area (Å²) in [6, 6.07) is 10.2. The molecule has 0 radical (unpaired) electrons. The first-order valence-electron chi connectivity index (χ1n) is 9.19. The molecule has 9 heteroatoms. The lowest BCUT2D eigenvalue weighted by Gasteiger charge is -2.18. The van der Waals surface area contributed by atoms with Gasteiger partial charge in [-0.15, -0.1) is 0 Å². The predicted molar refractivity (Wildman–Crippen MR) is 119 cm³/mol. The van der Waals surface area contributed by atoms with Crippen molar-refractivity contribution >= 4 is 51.6 Å². The lowest BCUT2D eigenvalue weighted by molar-refractivity contribution is 0.262. The van der Waals surface area contributed by atoms with Crippen molar-refractivity contribution in [2.24, 2.45) is 0 Å². The van der Waals surface area contributed by atoms with Crippen molar-refractivity contribution in [2.45, 2.75) is 26.3 Å². The molecular weight excluding hydrogens is 425 g/mol. The van der Waals surface area contributed by atoms with Crippen LogP contribution in [0.4, 0.5) is 16.2 Å². The number of nitrogens with zero attached hydrogens (tertiary/aromatic N) is 3. The zero-order valence-corrected chi connectivity index (χ0v) is 18.0. The molecule has 7 nitrogen and oxygen atoms in total. The standard InChI is InChI=1S/C21H19Cl2N5O2/c1-21(2,3)28-11-16(26-20(29)25-15-6-4-5-14(22)18(15)23)19(27-28)12-7-8-17-13(9-12)10-24-30-17/h4-11H,1-3H3,(H2,25,26,29). The molecule has 0 aliphatic rings. The summed E-state index contributed by atoms with van der Waals surface area (Å²) >= 11 is 12.2. The highest BCUT2D eigenvalue weighted by Gasteiger charge is 2.21. The number of hydrogen-bond donors (Lipinski definition) is 2. The first kappa shape index (κ1) is 20.3. The van der Waals surface area contributed by atoms with Crippen LogP contribution >= 0.6 is 23.2 Å². The van der Waals surface area contributed by atoms with Gasteiger partial charge in [0.05, 0.1) is 33.2 Å². The van der Waals surface area contributed by atoms with Gasteiger partial charge in [-0.2, -0.15) is 5.10 Å². The van der Waals surface area contributed by atoms with Crippen molar-refractivity contribution in [1.29, 1.82) is 0 Å². The minimum Gasteiger partial charge on any atom is -0.356 e. The summed E-state index contributed by atoms with van der Waals surface area (Å²) < 4.78 is 6.98. The Hall–Kier alpha value is -3.03. The number of hydrogen-bond acceptors (Lipinski definition) is 4. The minimum atomic E-state index is -0.458. The van der Waals surface area contributed by atoms with Crippen LogP contribution in [0.15, 0.2) is 53.3 Å². The Labute approximate surface area is 182 Å². The summed E-state index contributed by atoms with van der Waals surface area (Å²) in [6.45, 7) is 6.09. The van der Waals surface area contributed by atoms with Crippen LogP contribution < -0.4 is 10.6 Å². The number of anilines is 2.